The second-order valence-corrected chi connectivity index (χ2v) is 9.61. The molecule has 10 nitrogen and oxygen atoms in total. The first-order valence-corrected chi connectivity index (χ1v) is 11.8. The van der Waals surface area contributed by atoms with Crippen LogP contribution in [0.2, 0.25) is 0 Å². The lowest BCUT2D eigenvalue weighted by Crippen LogP contribution is -2.15. The second-order valence-electron chi connectivity index (χ2n) is 6.24. The van der Waals surface area contributed by atoms with Crippen molar-refractivity contribution in [2.45, 2.75) is 16.7 Å². The third-order valence-electron chi connectivity index (χ3n) is 4.10. The summed E-state index contributed by atoms with van der Waals surface area (Å²) in [6, 6.07) is 10.9. The predicted molar refractivity (Wildman–Crippen MR) is 114 cm³/mol. The van der Waals surface area contributed by atoms with E-state index in [1.54, 1.807) is 6.92 Å². The second kappa shape index (κ2) is 8.78. The molecule has 3 rings (SSSR count). The van der Waals surface area contributed by atoms with Crippen molar-refractivity contribution < 1.29 is 26.3 Å². The average Bonchev–Trinajstić information content (AvgIpc) is 2.73. The van der Waals surface area contributed by atoms with Crippen molar-refractivity contribution >= 4 is 31.6 Å². The van der Waals surface area contributed by atoms with Crippen LogP contribution in [0.15, 0.2) is 64.5 Å². The van der Waals surface area contributed by atoms with Crippen LogP contribution >= 0.6 is 0 Å². The summed E-state index contributed by atoms with van der Waals surface area (Å²) in [6.45, 7) is 1.64. The zero-order chi connectivity index (χ0) is 22.6. The van der Waals surface area contributed by atoms with Gasteiger partial charge in [-0.3, -0.25) is 9.44 Å². The Balaban J connectivity index is 1.80. The van der Waals surface area contributed by atoms with Gasteiger partial charge in [0.1, 0.15) is 11.6 Å². The largest absolute Gasteiger partial charge is 0.493 e. The Labute approximate surface area is 180 Å². The van der Waals surface area contributed by atoms with E-state index in [0.717, 1.165) is 0 Å². The van der Waals surface area contributed by atoms with E-state index in [2.05, 4.69) is 19.4 Å². The Morgan fingerprint density at radius 1 is 0.774 bits per heavy atom. The molecule has 31 heavy (non-hydrogen) atoms. The lowest BCUT2D eigenvalue weighted by atomic mass is 10.3. The van der Waals surface area contributed by atoms with E-state index in [9.17, 15) is 16.8 Å². The topological polar surface area (TPSA) is 137 Å². The number of hydrogen-bond donors (Lipinski definition) is 2. The molecule has 0 saturated heterocycles. The quantitative estimate of drug-likeness (QED) is 0.519. The molecule has 0 unspecified atom stereocenters. The maximum absolute atomic E-state index is 12.7. The monoisotopic (exact) mass is 464 g/mol. The molecule has 0 aliphatic heterocycles. The fourth-order valence-electron chi connectivity index (χ4n) is 2.61. The summed E-state index contributed by atoms with van der Waals surface area (Å²) in [5, 5.41) is 0. The number of ether oxygens (including phenoxy) is 2. The highest BCUT2D eigenvalue weighted by atomic mass is 32.2. The van der Waals surface area contributed by atoms with Crippen LogP contribution in [0.5, 0.6) is 11.5 Å². The number of benzene rings is 2. The Bertz CT molecular complexity index is 1290. The Morgan fingerprint density at radius 3 is 2.00 bits per heavy atom. The van der Waals surface area contributed by atoms with Gasteiger partial charge in [-0.1, -0.05) is 0 Å². The van der Waals surface area contributed by atoms with Crippen LogP contribution in [-0.4, -0.2) is 41.0 Å². The van der Waals surface area contributed by atoms with E-state index in [-0.39, 0.29) is 27.0 Å². The van der Waals surface area contributed by atoms with E-state index in [0.29, 0.717) is 11.6 Å². The van der Waals surface area contributed by atoms with Gasteiger partial charge in [0.15, 0.2) is 11.5 Å². The first-order chi connectivity index (χ1) is 14.6. The van der Waals surface area contributed by atoms with Crippen LogP contribution in [0.3, 0.4) is 0 Å². The van der Waals surface area contributed by atoms with Gasteiger partial charge < -0.3 is 9.47 Å². The predicted octanol–water partition coefficient (Wildman–Crippen LogP) is 2.40. The summed E-state index contributed by atoms with van der Waals surface area (Å²) in [5.41, 5.74) is 0.187. The first kappa shape index (κ1) is 22.3. The summed E-state index contributed by atoms with van der Waals surface area (Å²) in [7, 11) is -5.00. The molecule has 0 fully saturated rings. The van der Waals surface area contributed by atoms with E-state index >= 15 is 0 Å². The van der Waals surface area contributed by atoms with E-state index < -0.39 is 20.0 Å². The van der Waals surface area contributed by atoms with Gasteiger partial charge in [0, 0.05) is 18.0 Å². The van der Waals surface area contributed by atoms with Crippen LogP contribution in [0.25, 0.3) is 0 Å². The fraction of sp³-hybridized carbons (Fsp3) is 0.158. The van der Waals surface area contributed by atoms with Crippen LogP contribution in [-0.2, 0) is 20.0 Å². The summed E-state index contributed by atoms with van der Waals surface area (Å²) < 4.78 is 65.4. The van der Waals surface area contributed by atoms with E-state index in [4.69, 9.17) is 9.47 Å². The van der Waals surface area contributed by atoms with Gasteiger partial charge in [0.05, 0.1) is 24.0 Å². The molecule has 0 spiro atoms. The Kier molecular flexibility index (Phi) is 6.32. The molecule has 1 aromatic heterocycles. The van der Waals surface area contributed by atoms with Crippen molar-refractivity contribution in [3.63, 3.8) is 0 Å². The van der Waals surface area contributed by atoms with Gasteiger partial charge in [-0.05, 0) is 49.4 Å². The molecule has 0 aliphatic rings. The van der Waals surface area contributed by atoms with Crippen LogP contribution in [0, 0.1) is 6.92 Å². The molecule has 2 N–H and O–H groups in total. The van der Waals surface area contributed by atoms with Crippen molar-refractivity contribution in [2.75, 3.05) is 23.7 Å². The first-order valence-electron chi connectivity index (χ1n) is 8.82. The maximum atomic E-state index is 12.7. The molecule has 0 bridgehead atoms. The number of methoxy groups -OCH3 is 2. The lowest BCUT2D eigenvalue weighted by Gasteiger charge is -2.12. The molecule has 0 saturated carbocycles. The Hall–Kier alpha value is -3.38. The highest BCUT2D eigenvalue weighted by molar-refractivity contribution is 7.93. The molecule has 0 radical (unpaired) electrons. The minimum atomic E-state index is -3.94. The molecule has 164 valence electrons. The normalized spacial score (nSPS) is 11.6. The van der Waals surface area contributed by atoms with Crippen molar-refractivity contribution in [3.8, 4) is 11.5 Å². The van der Waals surface area contributed by atoms with Crippen LogP contribution in [0.4, 0.5) is 11.5 Å². The minimum absolute atomic E-state index is 0.0392. The zero-order valence-electron chi connectivity index (χ0n) is 16.9. The van der Waals surface area contributed by atoms with Crippen LogP contribution in [0.1, 0.15) is 5.82 Å². The van der Waals surface area contributed by atoms with Crippen molar-refractivity contribution in [2.24, 2.45) is 0 Å². The number of nitrogens with zero attached hydrogens (tertiary/aromatic N) is 2. The number of nitrogens with one attached hydrogen (secondary N) is 2. The van der Waals surface area contributed by atoms with Gasteiger partial charge in [0.25, 0.3) is 20.0 Å². The molecular formula is C19H20N4O6S2. The zero-order valence-corrected chi connectivity index (χ0v) is 18.5. The summed E-state index contributed by atoms with van der Waals surface area (Å²) in [5.74, 6) is 1.20. The molecule has 0 aliphatic carbocycles. The Morgan fingerprint density at radius 2 is 1.39 bits per heavy atom. The van der Waals surface area contributed by atoms with Gasteiger partial charge in [-0.15, -0.1) is 0 Å². The number of aromatic nitrogens is 2. The van der Waals surface area contributed by atoms with Gasteiger partial charge in [-0.25, -0.2) is 26.8 Å². The van der Waals surface area contributed by atoms with E-state index in [1.165, 1.54) is 68.9 Å². The molecule has 1 heterocycles. The summed E-state index contributed by atoms with van der Waals surface area (Å²) >= 11 is 0. The molecule has 2 aromatic carbocycles. The summed E-state index contributed by atoms with van der Waals surface area (Å²) in [4.78, 5) is 7.81. The SMILES string of the molecule is COc1ccc(S(=O)(=O)Nc2ccc(S(=O)(=O)Nc3ccnc(C)n3)cc2)cc1OC. The summed E-state index contributed by atoms with van der Waals surface area (Å²) in [6.07, 6.45) is 1.44. The van der Waals surface area contributed by atoms with Gasteiger partial charge in [0.2, 0.25) is 0 Å². The van der Waals surface area contributed by atoms with Gasteiger partial charge >= 0.3 is 0 Å². The molecule has 3 aromatic rings. The molecule has 0 atom stereocenters. The maximum Gasteiger partial charge on any atom is 0.263 e. The van der Waals surface area contributed by atoms with Crippen LogP contribution < -0.4 is 18.9 Å². The number of aryl methyl sites for hydroxylation is 1. The minimum Gasteiger partial charge on any atom is -0.493 e. The standard InChI is InChI=1S/C19H20N4O6S2/c1-13-20-11-10-19(21-13)23-30(24,25)15-6-4-14(5-7-15)22-31(26,27)16-8-9-17(28-2)18(12-16)29-3/h4-12,22H,1-3H3,(H,20,21,23). The van der Waals surface area contributed by atoms with Crippen molar-refractivity contribution in [3.05, 3.63) is 60.6 Å². The molecule has 12 heteroatoms. The highest BCUT2D eigenvalue weighted by Crippen LogP contribution is 2.30. The number of rotatable bonds is 8. The van der Waals surface area contributed by atoms with Crippen molar-refractivity contribution in [1.29, 1.82) is 0 Å². The van der Waals surface area contributed by atoms with Gasteiger partial charge in [-0.2, -0.15) is 0 Å². The van der Waals surface area contributed by atoms with Crippen molar-refractivity contribution in [1.82, 2.24) is 9.97 Å². The lowest BCUT2D eigenvalue weighted by molar-refractivity contribution is 0.354. The molecule has 0 amide bonds. The highest BCUT2D eigenvalue weighted by Gasteiger charge is 2.19. The third-order valence-corrected chi connectivity index (χ3v) is 6.85. The number of hydrogen-bond acceptors (Lipinski definition) is 8. The molecular weight excluding hydrogens is 444 g/mol. The van der Waals surface area contributed by atoms with E-state index in [1.807, 2.05) is 0 Å². The third kappa shape index (κ3) is 5.22. The average molecular weight is 465 g/mol. The number of sulfonamides is 2. The number of anilines is 2. The smallest absolute Gasteiger partial charge is 0.263 e. The fourth-order valence-corrected chi connectivity index (χ4v) is 4.68.